The Morgan fingerprint density at radius 3 is 2.47 bits per heavy atom. The van der Waals surface area contributed by atoms with Crippen LogP contribution in [0.5, 0.6) is 11.5 Å². The predicted octanol–water partition coefficient (Wildman–Crippen LogP) is 4.25. The molecule has 0 aliphatic carbocycles. The molecule has 1 aliphatic rings. The standard InChI is InChI=1S/C27H34N2O5/c1-5-17-34-20-12-10-11-19(18-20)25(30)23-24(21-13-8-9-14-22(21)33-4)29(27(32)26(23)31)16-15-28(6-2)7-3/h8-14,18,24,30H,5-7,15-17H2,1-4H3/b25-23-. The Kier molecular flexibility index (Phi) is 8.71. The Morgan fingerprint density at radius 1 is 1.06 bits per heavy atom. The van der Waals surface area contributed by atoms with Crippen LogP contribution in [0.1, 0.15) is 44.4 Å². The maximum Gasteiger partial charge on any atom is 0.295 e. The average Bonchev–Trinajstić information content (AvgIpc) is 3.12. The molecule has 0 radical (unpaired) electrons. The van der Waals surface area contributed by atoms with Crippen molar-refractivity contribution in [2.45, 2.75) is 33.2 Å². The van der Waals surface area contributed by atoms with Crippen molar-refractivity contribution in [2.75, 3.05) is 39.9 Å². The third-order valence-electron chi connectivity index (χ3n) is 6.11. The Morgan fingerprint density at radius 2 is 1.79 bits per heavy atom. The number of ketones is 1. The number of aliphatic hydroxyl groups is 1. The number of nitrogens with zero attached hydrogens (tertiary/aromatic N) is 2. The van der Waals surface area contributed by atoms with E-state index in [1.165, 1.54) is 0 Å². The van der Waals surface area contributed by atoms with E-state index in [9.17, 15) is 14.7 Å². The van der Waals surface area contributed by atoms with Crippen molar-refractivity contribution < 1.29 is 24.2 Å². The number of aliphatic hydroxyl groups excluding tert-OH is 1. The van der Waals surface area contributed by atoms with Crippen molar-refractivity contribution in [3.8, 4) is 11.5 Å². The van der Waals surface area contributed by atoms with E-state index in [2.05, 4.69) is 18.7 Å². The molecule has 1 unspecified atom stereocenters. The maximum atomic E-state index is 13.3. The summed E-state index contributed by atoms with van der Waals surface area (Å²) in [4.78, 5) is 30.2. The van der Waals surface area contributed by atoms with Gasteiger partial charge in [-0.1, -0.05) is 51.1 Å². The molecule has 7 heteroatoms. The minimum Gasteiger partial charge on any atom is -0.507 e. The van der Waals surface area contributed by atoms with Crippen LogP contribution in [0, 0.1) is 0 Å². The fourth-order valence-corrected chi connectivity index (χ4v) is 4.22. The Bertz CT molecular complexity index is 1040. The Hall–Kier alpha value is -3.32. The summed E-state index contributed by atoms with van der Waals surface area (Å²) in [6.07, 6.45) is 0.849. The van der Waals surface area contributed by atoms with Crippen LogP contribution in [-0.4, -0.2) is 66.5 Å². The number of likely N-dealkylation sites (N-methyl/N-ethyl adjacent to an activating group) is 1. The molecule has 2 aromatic carbocycles. The summed E-state index contributed by atoms with van der Waals surface area (Å²) in [5.74, 6) is -0.402. The molecular weight excluding hydrogens is 432 g/mol. The minimum absolute atomic E-state index is 0.0571. The summed E-state index contributed by atoms with van der Waals surface area (Å²) < 4.78 is 11.3. The highest BCUT2D eigenvalue weighted by Crippen LogP contribution is 2.42. The zero-order valence-electron chi connectivity index (χ0n) is 20.4. The van der Waals surface area contributed by atoms with E-state index in [0.717, 1.165) is 19.5 Å². The number of carbonyl (C=O) groups is 2. The lowest BCUT2D eigenvalue weighted by atomic mass is 9.94. The summed E-state index contributed by atoms with van der Waals surface area (Å²) in [6.45, 7) is 9.32. The highest BCUT2D eigenvalue weighted by molar-refractivity contribution is 6.46. The van der Waals surface area contributed by atoms with Crippen molar-refractivity contribution in [3.63, 3.8) is 0 Å². The molecule has 1 heterocycles. The molecule has 0 bridgehead atoms. The highest BCUT2D eigenvalue weighted by atomic mass is 16.5. The van der Waals surface area contributed by atoms with Crippen molar-refractivity contribution in [2.24, 2.45) is 0 Å². The van der Waals surface area contributed by atoms with Crippen LogP contribution < -0.4 is 9.47 Å². The van der Waals surface area contributed by atoms with E-state index in [1.54, 1.807) is 42.3 Å². The van der Waals surface area contributed by atoms with E-state index in [-0.39, 0.29) is 11.3 Å². The first-order valence-electron chi connectivity index (χ1n) is 11.8. The second kappa shape index (κ2) is 11.7. The van der Waals surface area contributed by atoms with Crippen LogP contribution in [0.15, 0.2) is 54.1 Å². The second-order valence-electron chi connectivity index (χ2n) is 8.14. The lowest BCUT2D eigenvalue weighted by Gasteiger charge is -2.29. The largest absolute Gasteiger partial charge is 0.507 e. The third-order valence-corrected chi connectivity index (χ3v) is 6.11. The SMILES string of the molecule is CCCOc1cccc(/C(O)=C2/C(=O)C(=O)N(CCN(CC)CC)C2c2ccccc2OC)c1. The third kappa shape index (κ3) is 5.25. The van der Waals surface area contributed by atoms with E-state index >= 15 is 0 Å². The van der Waals surface area contributed by atoms with Crippen LogP contribution in [0.3, 0.4) is 0 Å². The van der Waals surface area contributed by atoms with Crippen LogP contribution in [0.25, 0.3) is 5.76 Å². The van der Waals surface area contributed by atoms with Gasteiger partial charge in [-0.05, 0) is 37.7 Å². The highest BCUT2D eigenvalue weighted by Gasteiger charge is 2.46. The van der Waals surface area contributed by atoms with Crippen molar-refractivity contribution >= 4 is 17.4 Å². The van der Waals surface area contributed by atoms with Gasteiger partial charge in [0.25, 0.3) is 11.7 Å². The molecular formula is C27H34N2O5. The molecule has 1 amide bonds. The van der Waals surface area contributed by atoms with Crippen molar-refractivity contribution in [1.29, 1.82) is 0 Å². The van der Waals surface area contributed by atoms with Gasteiger partial charge >= 0.3 is 0 Å². The summed E-state index contributed by atoms with van der Waals surface area (Å²) in [5.41, 5.74) is 1.14. The fourth-order valence-electron chi connectivity index (χ4n) is 4.22. The van der Waals surface area contributed by atoms with Crippen LogP contribution in [-0.2, 0) is 9.59 Å². The number of carbonyl (C=O) groups excluding carboxylic acids is 2. The van der Waals surface area contributed by atoms with Gasteiger partial charge in [-0.3, -0.25) is 9.59 Å². The molecule has 1 aliphatic heterocycles. The number of hydrogen-bond donors (Lipinski definition) is 1. The first kappa shape index (κ1) is 25.3. The van der Waals surface area contributed by atoms with Crippen LogP contribution >= 0.6 is 0 Å². The van der Waals surface area contributed by atoms with Gasteiger partial charge in [-0.15, -0.1) is 0 Å². The number of rotatable bonds is 11. The lowest BCUT2D eigenvalue weighted by Crippen LogP contribution is -2.38. The predicted molar refractivity (Wildman–Crippen MR) is 132 cm³/mol. The molecule has 3 rings (SSSR count). The number of benzene rings is 2. The molecule has 0 spiro atoms. The minimum atomic E-state index is -0.757. The zero-order chi connectivity index (χ0) is 24.7. The smallest absolute Gasteiger partial charge is 0.295 e. The monoisotopic (exact) mass is 466 g/mol. The lowest BCUT2D eigenvalue weighted by molar-refractivity contribution is -0.140. The normalized spacial score (nSPS) is 17.4. The Balaban J connectivity index is 2.11. The summed E-state index contributed by atoms with van der Waals surface area (Å²) in [6, 6.07) is 13.5. The summed E-state index contributed by atoms with van der Waals surface area (Å²) >= 11 is 0. The Labute approximate surface area is 201 Å². The molecule has 182 valence electrons. The quantitative estimate of drug-likeness (QED) is 0.303. The van der Waals surface area contributed by atoms with Crippen molar-refractivity contribution in [1.82, 2.24) is 9.80 Å². The van der Waals surface area contributed by atoms with Gasteiger partial charge in [-0.25, -0.2) is 0 Å². The number of Topliss-reactive ketones (excluding diaryl/α,β-unsaturated/α-hetero) is 1. The summed E-state index contributed by atoms with van der Waals surface area (Å²) in [7, 11) is 1.55. The number of likely N-dealkylation sites (tertiary alicyclic amines) is 1. The van der Waals surface area contributed by atoms with Gasteiger partial charge in [0.1, 0.15) is 17.3 Å². The first-order chi connectivity index (χ1) is 16.5. The molecule has 1 atom stereocenters. The van der Waals surface area contributed by atoms with Gasteiger partial charge in [-0.2, -0.15) is 0 Å². The van der Waals surface area contributed by atoms with E-state index in [1.807, 2.05) is 25.1 Å². The topological polar surface area (TPSA) is 79.3 Å². The van der Waals surface area contributed by atoms with E-state index in [4.69, 9.17) is 9.47 Å². The second-order valence-corrected chi connectivity index (χ2v) is 8.14. The van der Waals surface area contributed by atoms with Crippen LogP contribution in [0.2, 0.25) is 0 Å². The van der Waals surface area contributed by atoms with E-state index < -0.39 is 17.7 Å². The van der Waals surface area contributed by atoms with Gasteiger partial charge in [0.2, 0.25) is 0 Å². The first-order valence-corrected chi connectivity index (χ1v) is 11.8. The number of hydrogen-bond acceptors (Lipinski definition) is 6. The molecule has 0 saturated carbocycles. The molecule has 1 fully saturated rings. The van der Waals surface area contributed by atoms with Gasteiger partial charge < -0.3 is 24.4 Å². The number of ether oxygens (including phenoxy) is 2. The molecule has 7 nitrogen and oxygen atoms in total. The number of para-hydroxylation sites is 1. The van der Waals surface area contributed by atoms with Gasteiger partial charge in [0.05, 0.1) is 25.3 Å². The fraction of sp³-hybridized carbons (Fsp3) is 0.407. The average molecular weight is 467 g/mol. The van der Waals surface area contributed by atoms with E-state index in [0.29, 0.717) is 42.3 Å². The molecule has 0 aromatic heterocycles. The molecule has 1 saturated heterocycles. The van der Waals surface area contributed by atoms with Crippen LogP contribution in [0.4, 0.5) is 0 Å². The zero-order valence-corrected chi connectivity index (χ0v) is 20.4. The molecule has 1 N–H and O–H groups in total. The van der Waals surface area contributed by atoms with Gasteiger partial charge in [0.15, 0.2) is 0 Å². The molecule has 34 heavy (non-hydrogen) atoms. The summed E-state index contributed by atoms with van der Waals surface area (Å²) in [5, 5.41) is 11.3. The van der Waals surface area contributed by atoms with Crippen molar-refractivity contribution in [3.05, 3.63) is 65.2 Å². The maximum absolute atomic E-state index is 13.3. The molecule has 2 aromatic rings. The number of amides is 1. The number of methoxy groups -OCH3 is 1. The van der Waals surface area contributed by atoms with Gasteiger partial charge in [0, 0.05) is 24.2 Å².